The summed E-state index contributed by atoms with van der Waals surface area (Å²) >= 11 is 17.9. The maximum Gasteiger partial charge on any atom is 0.338 e. The Labute approximate surface area is 276 Å². The lowest BCUT2D eigenvalue weighted by Gasteiger charge is -2.30. The van der Waals surface area contributed by atoms with Crippen LogP contribution < -0.4 is 20.8 Å². The zero-order chi connectivity index (χ0) is 32.1. The monoisotopic (exact) mass is 663 g/mol. The fourth-order valence-electron chi connectivity index (χ4n) is 5.25. The van der Waals surface area contributed by atoms with Gasteiger partial charge < -0.3 is 24.7 Å². The number of ether oxygens (including phenoxy) is 2. The van der Waals surface area contributed by atoms with Crippen LogP contribution in [0, 0.1) is 6.92 Å². The van der Waals surface area contributed by atoms with Crippen molar-refractivity contribution in [1.29, 1.82) is 0 Å². The molecule has 5 rings (SSSR count). The Morgan fingerprint density at radius 1 is 1.09 bits per heavy atom. The number of carbonyl (C=O) groups is 2. The summed E-state index contributed by atoms with van der Waals surface area (Å²) in [5, 5.41) is 12.8. The van der Waals surface area contributed by atoms with Gasteiger partial charge >= 0.3 is 5.97 Å². The Bertz CT molecular complexity index is 1850. The smallest absolute Gasteiger partial charge is 0.338 e. The molecule has 12 heteroatoms. The zero-order valence-electron chi connectivity index (χ0n) is 24.8. The maximum atomic E-state index is 12.8. The molecule has 9 nitrogen and oxygen atoms in total. The van der Waals surface area contributed by atoms with Crippen molar-refractivity contribution >= 4 is 69.5 Å². The van der Waals surface area contributed by atoms with Gasteiger partial charge in [0.2, 0.25) is 0 Å². The molecule has 0 saturated heterocycles. The van der Waals surface area contributed by atoms with E-state index < -0.39 is 17.9 Å². The molecule has 4 aromatic rings. The molecule has 45 heavy (non-hydrogen) atoms. The molecule has 1 aliphatic heterocycles. The Morgan fingerprint density at radius 3 is 2.62 bits per heavy atom. The summed E-state index contributed by atoms with van der Waals surface area (Å²) in [6.45, 7) is 5.95. The highest BCUT2D eigenvalue weighted by Crippen LogP contribution is 2.34. The van der Waals surface area contributed by atoms with Crippen LogP contribution in [0.5, 0.6) is 5.75 Å². The second-order valence-corrected chi connectivity index (χ2v) is 11.5. The van der Waals surface area contributed by atoms with Crippen LogP contribution in [0.25, 0.3) is 10.9 Å². The zero-order valence-corrected chi connectivity index (χ0v) is 27.1. The van der Waals surface area contributed by atoms with E-state index in [1.54, 1.807) is 44.3 Å². The number of hydrogen-bond acceptors (Lipinski definition) is 6. The molecule has 1 amide bonds. The Hall–Kier alpha value is -4.38. The number of hydrogen-bond donors (Lipinski definition) is 3. The highest BCUT2D eigenvalue weighted by molar-refractivity contribution is 7.80. The number of para-hydroxylation sites is 2. The van der Waals surface area contributed by atoms with Gasteiger partial charge in [0.25, 0.3) is 5.91 Å². The molecule has 0 unspecified atom stereocenters. The van der Waals surface area contributed by atoms with Crippen molar-refractivity contribution < 1.29 is 19.1 Å². The number of benzene rings is 3. The van der Waals surface area contributed by atoms with E-state index in [-0.39, 0.29) is 13.2 Å². The highest BCUT2D eigenvalue weighted by Gasteiger charge is 2.32. The minimum absolute atomic E-state index is 0.225. The van der Waals surface area contributed by atoms with Gasteiger partial charge in [0, 0.05) is 50.0 Å². The van der Waals surface area contributed by atoms with E-state index in [4.69, 9.17) is 44.9 Å². The van der Waals surface area contributed by atoms with Gasteiger partial charge in [-0.3, -0.25) is 4.79 Å². The Morgan fingerprint density at radius 2 is 1.84 bits per heavy atom. The molecule has 3 N–H and O–H groups in total. The quantitative estimate of drug-likeness (QED) is 0.0804. The number of rotatable bonds is 10. The second-order valence-electron chi connectivity index (χ2n) is 10.2. The first kappa shape index (κ1) is 32.0. The third kappa shape index (κ3) is 7.14. The number of aromatic nitrogens is 1. The van der Waals surface area contributed by atoms with Crippen molar-refractivity contribution in [3.8, 4) is 5.75 Å². The molecule has 0 bridgehead atoms. The highest BCUT2D eigenvalue weighted by atomic mass is 35.5. The van der Waals surface area contributed by atoms with E-state index in [9.17, 15) is 9.59 Å². The predicted molar refractivity (Wildman–Crippen MR) is 181 cm³/mol. The van der Waals surface area contributed by atoms with Crippen LogP contribution in [0.3, 0.4) is 0 Å². The average Bonchev–Trinajstić information content (AvgIpc) is 3.27. The van der Waals surface area contributed by atoms with Crippen LogP contribution in [-0.2, 0) is 20.9 Å². The van der Waals surface area contributed by atoms with E-state index in [1.807, 2.05) is 49.4 Å². The van der Waals surface area contributed by atoms with E-state index >= 15 is 0 Å². The molecule has 0 spiro atoms. The molecule has 3 aromatic carbocycles. The number of carbonyl (C=O) groups excluding carboxylic acids is 2. The summed E-state index contributed by atoms with van der Waals surface area (Å²) in [7, 11) is 0. The SMILES string of the molecule is CCOC(=O)C1=C(C)NC(=S)N[C@H]1c1ccccc1OCC(=O)NN=Cc1c(C)n(Cc2ccc(Cl)cc2Cl)c2ccccc12. The van der Waals surface area contributed by atoms with Crippen LogP contribution in [0.2, 0.25) is 10.0 Å². The van der Waals surface area contributed by atoms with Crippen molar-refractivity contribution in [2.24, 2.45) is 5.10 Å². The number of halogens is 2. The summed E-state index contributed by atoms with van der Waals surface area (Å²) in [6.07, 6.45) is 1.63. The first-order valence-corrected chi connectivity index (χ1v) is 15.3. The summed E-state index contributed by atoms with van der Waals surface area (Å²) < 4.78 is 13.3. The summed E-state index contributed by atoms with van der Waals surface area (Å²) in [5.41, 5.74) is 7.90. The standard InChI is InChI=1S/C33H31Cl2N5O4S/c1-4-43-32(42)30-19(2)37-33(45)38-31(30)24-10-6-8-12-28(24)44-18-29(41)39-36-16-25-20(3)40(27-11-7-5-9-23(25)27)17-21-13-14-22(34)15-26(21)35/h5-16,31H,4,17-18H2,1-3H3,(H,39,41)(H2,37,38,45)/t31-/m0/s1. The summed E-state index contributed by atoms with van der Waals surface area (Å²) in [5.74, 6) is -0.521. The topological polar surface area (TPSA) is 106 Å². The fourth-order valence-corrected chi connectivity index (χ4v) is 5.99. The molecular weight excluding hydrogens is 633 g/mol. The van der Waals surface area contributed by atoms with Crippen molar-refractivity contribution in [3.05, 3.63) is 110 Å². The first-order chi connectivity index (χ1) is 21.7. The lowest BCUT2D eigenvalue weighted by atomic mass is 9.95. The lowest BCUT2D eigenvalue weighted by Crippen LogP contribution is -2.45. The van der Waals surface area contributed by atoms with Crippen LogP contribution in [0.4, 0.5) is 0 Å². The van der Waals surface area contributed by atoms with Gasteiger partial charge in [0.1, 0.15) is 5.75 Å². The van der Waals surface area contributed by atoms with Crippen LogP contribution in [0.1, 0.15) is 42.3 Å². The molecule has 1 aliphatic rings. The summed E-state index contributed by atoms with van der Waals surface area (Å²) in [6, 6.07) is 19.9. The number of hydrazone groups is 1. The van der Waals surface area contributed by atoms with Gasteiger partial charge in [-0.25, -0.2) is 10.2 Å². The third-order valence-corrected chi connectivity index (χ3v) is 8.17. The van der Waals surface area contributed by atoms with Gasteiger partial charge in [-0.05, 0) is 62.8 Å². The van der Waals surface area contributed by atoms with Crippen molar-refractivity contribution in [2.45, 2.75) is 33.4 Å². The second kappa shape index (κ2) is 14.2. The van der Waals surface area contributed by atoms with Gasteiger partial charge in [-0.1, -0.05) is 65.7 Å². The van der Waals surface area contributed by atoms with E-state index in [0.29, 0.717) is 44.3 Å². The van der Waals surface area contributed by atoms with E-state index in [2.05, 4.69) is 25.7 Å². The molecule has 0 fully saturated rings. The number of nitrogens with zero attached hydrogens (tertiary/aromatic N) is 2. The number of thiocarbonyl (C=S) groups is 1. The van der Waals surface area contributed by atoms with E-state index in [0.717, 1.165) is 27.7 Å². The number of allylic oxidation sites excluding steroid dienone is 1. The first-order valence-electron chi connectivity index (χ1n) is 14.2. The van der Waals surface area contributed by atoms with Crippen molar-refractivity contribution in [2.75, 3.05) is 13.2 Å². The van der Waals surface area contributed by atoms with Crippen LogP contribution in [-0.4, -0.2) is 41.0 Å². The molecule has 2 heterocycles. The number of fused-ring (bicyclic) bond motifs is 1. The average molecular weight is 665 g/mol. The fraction of sp³-hybridized carbons (Fsp3) is 0.212. The molecule has 0 saturated carbocycles. The minimum atomic E-state index is -0.627. The summed E-state index contributed by atoms with van der Waals surface area (Å²) in [4.78, 5) is 25.6. The minimum Gasteiger partial charge on any atom is -0.483 e. The number of esters is 1. The van der Waals surface area contributed by atoms with Crippen LogP contribution >= 0.6 is 35.4 Å². The van der Waals surface area contributed by atoms with Crippen LogP contribution in [0.15, 0.2) is 83.1 Å². The van der Waals surface area contributed by atoms with Crippen molar-refractivity contribution in [3.63, 3.8) is 0 Å². The Balaban J connectivity index is 1.30. The molecule has 0 radical (unpaired) electrons. The number of amides is 1. The molecular formula is C33H31Cl2N5O4S. The van der Waals surface area contributed by atoms with Gasteiger partial charge in [-0.15, -0.1) is 0 Å². The predicted octanol–water partition coefficient (Wildman–Crippen LogP) is 6.19. The molecule has 0 aliphatic carbocycles. The normalized spacial score (nSPS) is 14.8. The third-order valence-electron chi connectivity index (χ3n) is 7.36. The molecule has 1 atom stereocenters. The van der Waals surface area contributed by atoms with Gasteiger partial charge in [0.05, 0.1) is 24.4 Å². The van der Waals surface area contributed by atoms with Gasteiger partial charge in [-0.2, -0.15) is 5.10 Å². The van der Waals surface area contributed by atoms with Gasteiger partial charge in [0.15, 0.2) is 11.7 Å². The lowest BCUT2D eigenvalue weighted by molar-refractivity contribution is -0.139. The largest absolute Gasteiger partial charge is 0.483 e. The van der Waals surface area contributed by atoms with Crippen molar-refractivity contribution in [1.82, 2.24) is 20.6 Å². The number of nitrogens with one attached hydrogen (secondary N) is 3. The molecule has 232 valence electrons. The maximum absolute atomic E-state index is 12.8. The molecule has 1 aromatic heterocycles. The van der Waals surface area contributed by atoms with E-state index in [1.165, 1.54) is 0 Å². The Kier molecular flexibility index (Phi) is 10.1.